The largest absolute Gasteiger partial charge is 0.293 e. The van der Waals surface area contributed by atoms with Crippen LogP contribution in [0.5, 0.6) is 0 Å². The normalized spacial score (nSPS) is 16.1. The second kappa shape index (κ2) is 6.84. The molecule has 1 saturated heterocycles. The van der Waals surface area contributed by atoms with E-state index in [-0.39, 0.29) is 11.9 Å². The molecule has 1 N–H and O–H groups in total. The predicted octanol–water partition coefficient (Wildman–Crippen LogP) is 2.45. The maximum Gasteiger partial charge on any atom is 0.243 e. The summed E-state index contributed by atoms with van der Waals surface area (Å²) < 4.78 is 1.77. The minimum atomic E-state index is -0.168. The number of hydrogen-bond acceptors (Lipinski definition) is 5. The number of carbonyl (C=O) groups is 1. The molecule has 26 heavy (non-hydrogen) atoms. The van der Waals surface area contributed by atoms with Crippen molar-refractivity contribution in [2.24, 2.45) is 7.05 Å². The Hall–Kier alpha value is -2.80. The zero-order valence-corrected chi connectivity index (χ0v) is 15.0. The van der Waals surface area contributed by atoms with Crippen molar-refractivity contribution in [2.75, 3.05) is 18.4 Å². The number of nitrogens with zero attached hydrogens (tertiary/aromatic N) is 5. The van der Waals surface area contributed by atoms with Crippen molar-refractivity contribution in [3.05, 3.63) is 36.8 Å². The van der Waals surface area contributed by atoms with Crippen molar-refractivity contribution in [3.8, 4) is 11.1 Å². The van der Waals surface area contributed by atoms with Crippen LogP contribution < -0.4 is 5.32 Å². The number of hydrogen-bond donors (Lipinski definition) is 1. The van der Waals surface area contributed by atoms with Gasteiger partial charge in [0.05, 0.1) is 17.8 Å². The van der Waals surface area contributed by atoms with E-state index < -0.39 is 0 Å². The van der Waals surface area contributed by atoms with E-state index in [0.29, 0.717) is 5.95 Å². The number of nitrogens with one attached hydrogen (secondary N) is 1. The molecule has 0 saturated carbocycles. The number of aryl methyl sites for hydroxylation is 1. The Balaban J connectivity index is 1.57. The highest BCUT2D eigenvalue weighted by Crippen LogP contribution is 2.23. The highest BCUT2D eigenvalue weighted by atomic mass is 16.2. The SMILES string of the molecule is CC(C(=O)Nc1ncc2ccc(-c3cnn(C)c3)cc2n1)N1CCCC1. The minimum Gasteiger partial charge on any atom is -0.293 e. The van der Waals surface area contributed by atoms with Crippen LogP contribution >= 0.6 is 0 Å². The van der Waals surface area contributed by atoms with Gasteiger partial charge in [0, 0.05) is 30.4 Å². The molecule has 1 aliphatic rings. The Morgan fingerprint density at radius 2 is 2.00 bits per heavy atom. The van der Waals surface area contributed by atoms with Gasteiger partial charge in [-0.15, -0.1) is 0 Å². The summed E-state index contributed by atoms with van der Waals surface area (Å²) in [5.41, 5.74) is 2.86. The van der Waals surface area contributed by atoms with Gasteiger partial charge in [0.1, 0.15) is 0 Å². The van der Waals surface area contributed by atoms with Crippen molar-refractivity contribution in [1.29, 1.82) is 0 Å². The first-order valence-electron chi connectivity index (χ1n) is 8.91. The molecule has 3 aromatic rings. The second-order valence-electron chi connectivity index (χ2n) is 6.78. The molecule has 0 aliphatic carbocycles. The first-order valence-corrected chi connectivity index (χ1v) is 8.91. The summed E-state index contributed by atoms with van der Waals surface area (Å²) in [5, 5.41) is 8.00. The van der Waals surface area contributed by atoms with E-state index in [9.17, 15) is 4.79 Å². The average molecular weight is 350 g/mol. The van der Waals surface area contributed by atoms with Crippen molar-refractivity contribution >= 4 is 22.8 Å². The molecule has 0 bridgehead atoms. The van der Waals surface area contributed by atoms with Gasteiger partial charge < -0.3 is 0 Å². The average Bonchev–Trinajstić information content (AvgIpc) is 3.32. The maximum absolute atomic E-state index is 12.5. The third-order valence-corrected chi connectivity index (χ3v) is 4.92. The number of amides is 1. The Labute approximate surface area is 152 Å². The molecule has 1 aliphatic heterocycles. The highest BCUT2D eigenvalue weighted by Gasteiger charge is 2.24. The summed E-state index contributed by atoms with van der Waals surface area (Å²) in [7, 11) is 1.89. The van der Waals surface area contributed by atoms with Gasteiger partial charge in [-0.05, 0) is 44.5 Å². The second-order valence-corrected chi connectivity index (χ2v) is 6.78. The lowest BCUT2D eigenvalue weighted by Gasteiger charge is -2.22. The van der Waals surface area contributed by atoms with Gasteiger partial charge in [0.2, 0.25) is 11.9 Å². The van der Waals surface area contributed by atoms with Gasteiger partial charge in [-0.3, -0.25) is 19.7 Å². The number of anilines is 1. The predicted molar refractivity (Wildman–Crippen MR) is 101 cm³/mol. The van der Waals surface area contributed by atoms with Gasteiger partial charge in [-0.2, -0.15) is 5.10 Å². The summed E-state index contributed by atoms with van der Waals surface area (Å²) in [5.74, 6) is 0.284. The summed E-state index contributed by atoms with van der Waals surface area (Å²) in [6.45, 7) is 3.88. The molecule has 0 radical (unpaired) electrons. The van der Waals surface area contributed by atoms with E-state index in [0.717, 1.165) is 48.0 Å². The van der Waals surface area contributed by atoms with Crippen LogP contribution in [0.2, 0.25) is 0 Å². The zero-order valence-electron chi connectivity index (χ0n) is 15.0. The number of aromatic nitrogens is 4. The Morgan fingerprint density at radius 3 is 2.73 bits per heavy atom. The van der Waals surface area contributed by atoms with Gasteiger partial charge in [-0.25, -0.2) is 9.97 Å². The quantitative estimate of drug-likeness (QED) is 0.782. The van der Waals surface area contributed by atoms with Crippen LogP contribution in [0.4, 0.5) is 5.95 Å². The van der Waals surface area contributed by atoms with E-state index in [1.54, 1.807) is 10.9 Å². The molecule has 2 aromatic heterocycles. The fourth-order valence-electron chi connectivity index (χ4n) is 3.34. The van der Waals surface area contributed by atoms with Crippen LogP contribution in [0.1, 0.15) is 19.8 Å². The molecule has 134 valence electrons. The summed E-state index contributed by atoms with van der Waals surface area (Å²) in [6.07, 6.45) is 7.83. The lowest BCUT2D eigenvalue weighted by molar-refractivity contribution is -0.120. The van der Waals surface area contributed by atoms with Crippen LogP contribution in [-0.2, 0) is 11.8 Å². The fraction of sp³-hybridized carbons (Fsp3) is 0.368. The summed E-state index contributed by atoms with van der Waals surface area (Å²) in [6, 6.07) is 5.83. The van der Waals surface area contributed by atoms with Crippen molar-refractivity contribution in [2.45, 2.75) is 25.8 Å². The Morgan fingerprint density at radius 1 is 1.19 bits per heavy atom. The number of rotatable bonds is 4. The third kappa shape index (κ3) is 3.30. The maximum atomic E-state index is 12.5. The van der Waals surface area contributed by atoms with Crippen molar-refractivity contribution in [1.82, 2.24) is 24.6 Å². The molecular weight excluding hydrogens is 328 g/mol. The number of carbonyl (C=O) groups excluding carboxylic acids is 1. The molecule has 1 aromatic carbocycles. The molecule has 4 rings (SSSR count). The van der Waals surface area contributed by atoms with Gasteiger partial charge in [0.15, 0.2) is 0 Å². The third-order valence-electron chi connectivity index (χ3n) is 4.92. The van der Waals surface area contributed by atoms with E-state index in [2.05, 4.69) is 25.3 Å². The van der Waals surface area contributed by atoms with E-state index in [1.807, 2.05) is 44.6 Å². The molecule has 7 heteroatoms. The standard InChI is InChI=1S/C19H22N6O/c1-13(25-7-3-4-8-25)18(26)23-19-20-10-15-6-5-14(9-17(15)22-19)16-11-21-24(2)12-16/h5-6,9-13H,3-4,7-8H2,1-2H3,(H,20,22,23,26). The first-order chi connectivity index (χ1) is 12.6. The van der Waals surface area contributed by atoms with Gasteiger partial charge >= 0.3 is 0 Å². The summed E-state index contributed by atoms with van der Waals surface area (Å²) in [4.78, 5) is 23.5. The van der Waals surface area contributed by atoms with Crippen LogP contribution in [-0.4, -0.2) is 49.7 Å². The molecule has 3 heterocycles. The molecule has 1 atom stereocenters. The lowest BCUT2D eigenvalue weighted by atomic mass is 10.1. The van der Waals surface area contributed by atoms with Crippen LogP contribution in [0.25, 0.3) is 22.0 Å². The molecule has 1 unspecified atom stereocenters. The fourth-order valence-corrected chi connectivity index (χ4v) is 3.34. The number of fused-ring (bicyclic) bond motifs is 1. The van der Waals surface area contributed by atoms with E-state index >= 15 is 0 Å². The number of benzene rings is 1. The zero-order chi connectivity index (χ0) is 18.1. The van der Waals surface area contributed by atoms with Crippen LogP contribution in [0.3, 0.4) is 0 Å². The van der Waals surface area contributed by atoms with E-state index in [1.165, 1.54) is 0 Å². The first kappa shape index (κ1) is 16.7. The Bertz CT molecular complexity index is 944. The topological polar surface area (TPSA) is 75.9 Å². The minimum absolute atomic E-state index is 0.0605. The number of likely N-dealkylation sites (tertiary alicyclic amines) is 1. The monoisotopic (exact) mass is 350 g/mol. The van der Waals surface area contributed by atoms with Crippen LogP contribution in [0.15, 0.2) is 36.8 Å². The van der Waals surface area contributed by atoms with Crippen LogP contribution in [0, 0.1) is 0 Å². The van der Waals surface area contributed by atoms with Gasteiger partial charge in [-0.1, -0.05) is 12.1 Å². The summed E-state index contributed by atoms with van der Waals surface area (Å²) >= 11 is 0. The van der Waals surface area contributed by atoms with Crippen molar-refractivity contribution < 1.29 is 4.79 Å². The van der Waals surface area contributed by atoms with E-state index in [4.69, 9.17) is 0 Å². The molecule has 1 amide bonds. The molecular formula is C19H22N6O. The molecule has 1 fully saturated rings. The molecule has 7 nitrogen and oxygen atoms in total. The van der Waals surface area contributed by atoms with Crippen molar-refractivity contribution in [3.63, 3.8) is 0 Å². The lowest BCUT2D eigenvalue weighted by Crippen LogP contribution is -2.40. The highest BCUT2D eigenvalue weighted by molar-refractivity contribution is 5.94. The molecule has 0 spiro atoms. The smallest absolute Gasteiger partial charge is 0.243 e. The Kier molecular flexibility index (Phi) is 4.38. The van der Waals surface area contributed by atoms with Gasteiger partial charge in [0.25, 0.3) is 0 Å².